The Morgan fingerprint density at radius 3 is 2.30 bits per heavy atom. The van der Waals surface area contributed by atoms with Gasteiger partial charge in [0.05, 0.1) is 11.4 Å². The van der Waals surface area contributed by atoms with Gasteiger partial charge in [-0.3, -0.25) is 0 Å². The lowest BCUT2D eigenvalue weighted by Gasteiger charge is -2.36. The molecule has 0 atom stereocenters. The molecule has 0 N–H and O–H groups in total. The third-order valence-electron chi connectivity index (χ3n) is 5.40. The quantitative estimate of drug-likeness (QED) is 0.194. The van der Waals surface area contributed by atoms with E-state index in [9.17, 15) is 8.42 Å². The van der Waals surface area contributed by atoms with Gasteiger partial charge in [-0.15, -0.1) is 6.42 Å². The van der Waals surface area contributed by atoms with Crippen molar-refractivity contribution in [2.45, 2.75) is 63.6 Å². The molecule has 0 fully saturated rings. The van der Waals surface area contributed by atoms with Crippen LogP contribution >= 0.6 is 0 Å². The maximum Gasteiger partial charge on any atom is 0.244 e. The van der Waals surface area contributed by atoms with E-state index in [0.29, 0.717) is 0 Å². The van der Waals surface area contributed by atoms with Gasteiger partial charge in [0.2, 0.25) is 10.0 Å². The standard InChI is InChI=1S/C24H37NO3SSi/c1-8-19-25(29(26,27)23-17-15-22(2)16-18-23)20-13-11-9-10-12-14-21-28-30(6,7)24(3,4)5/h1,9-11,13,15-18H,12,14,19-21H2,2-7H3/b10-9+,13-11+. The molecule has 0 aliphatic heterocycles. The summed E-state index contributed by atoms with van der Waals surface area (Å²) >= 11 is 0. The molecular weight excluding hydrogens is 410 g/mol. The normalized spacial score (nSPS) is 13.4. The van der Waals surface area contributed by atoms with Crippen molar-refractivity contribution in [3.05, 3.63) is 54.1 Å². The highest BCUT2D eigenvalue weighted by atomic mass is 32.2. The maximum atomic E-state index is 12.8. The van der Waals surface area contributed by atoms with Crippen molar-refractivity contribution < 1.29 is 12.8 Å². The Bertz CT molecular complexity index is 857. The van der Waals surface area contributed by atoms with E-state index < -0.39 is 18.3 Å². The number of allylic oxidation sites excluding steroid dienone is 3. The lowest BCUT2D eigenvalue weighted by Crippen LogP contribution is -2.40. The van der Waals surface area contributed by atoms with E-state index >= 15 is 0 Å². The van der Waals surface area contributed by atoms with E-state index in [1.54, 1.807) is 24.3 Å². The topological polar surface area (TPSA) is 46.6 Å². The monoisotopic (exact) mass is 447 g/mol. The van der Waals surface area contributed by atoms with Crippen LogP contribution in [-0.4, -0.2) is 40.7 Å². The molecule has 0 spiro atoms. The summed E-state index contributed by atoms with van der Waals surface area (Å²) in [4.78, 5) is 0.258. The summed E-state index contributed by atoms with van der Waals surface area (Å²) in [6.07, 6.45) is 15.0. The van der Waals surface area contributed by atoms with Crippen LogP contribution in [0.3, 0.4) is 0 Å². The van der Waals surface area contributed by atoms with E-state index in [4.69, 9.17) is 10.8 Å². The summed E-state index contributed by atoms with van der Waals surface area (Å²) in [5, 5.41) is 0.231. The molecule has 166 valence electrons. The average Bonchev–Trinajstić information content (AvgIpc) is 2.65. The summed E-state index contributed by atoms with van der Waals surface area (Å²) in [5.41, 5.74) is 1.01. The molecule has 0 unspecified atom stereocenters. The molecule has 0 bridgehead atoms. The number of hydrogen-bond donors (Lipinski definition) is 0. The fraction of sp³-hybridized carbons (Fsp3) is 0.500. The van der Waals surface area contributed by atoms with Crippen LogP contribution in [-0.2, 0) is 14.4 Å². The number of benzene rings is 1. The van der Waals surface area contributed by atoms with Gasteiger partial charge in [-0.1, -0.05) is 68.7 Å². The fourth-order valence-electron chi connectivity index (χ4n) is 2.39. The van der Waals surface area contributed by atoms with Crippen molar-refractivity contribution in [2.75, 3.05) is 19.7 Å². The van der Waals surface area contributed by atoms with Gasteiger partial charge in [0.15, 0.2) is 8.32 Å². The number of hydrogen-bond acceptors (Lipinski definition) is 3. The van der Waals surface area contributed by atoms with E-state index in [1.165, 1.54) is 4.31 Å². The minimum atomic E-state index is -3.61. The molecule has 1 rings (SSSR count). The third-order valence-corrected chi connectivity index (χ3v) is 11.8. The zero-order valence-electron chi connectivity index (χ0n) is 19.3. The van der Waals surface area contributed by atoms with E-state index in [-0.39, 0.29) is 23.0 Å². The second kappa shape index (κ2) is 11.7. The zero-order valence-corrected chi connectivity index (χ0v) is 21.1. The molecule has 0 amide bonds. The summed E-state index contributed by atoms with van der Waals surface area (Å²) in [7, 11) is -5.28. The molecule has 0 aliphatic rings. The summed E-state index contributed by atoms with van der Waals surface area (Å²) < 4.78 is 33.0. The van der Waals surface area contributed by atoms with E-state index in [0.717, 1.165) is 25.0 Å². The first-order valence-electron chi connectivity index (χ1n) is 10.4. The first-order chi connectivity index (χ1) is 13.9. The number of sulfonamides is 1. The molecule has 1 aromatic carbocycles. The molecule has 0 radical (unpaired) electrons. The predicted octanol–water partition coefficient (Wildman–Crippen LogP) is 5.53. The lowest BCUT2D eigenvalue weighted by atomic mass is 10.2. The van der Waals surface area contributed by atoms with Gasteiger partial charge in [-0.25, -0.2) is 8.42 Å². The smallest absolute Gasteiger partial charge is 0.244 e. The van der Waals surface area contributed by atoms with Crippen LogP contribution in [0.15, 0.2) is 53.5 Å². The lowest BCUT2D eigenvalue weighted by molar-refractivity contribution is 0.283. The van der Waals surface area contributed by atoms with Gasteiger partial charge in [-0.2, -0.15) is 4.31 Å². The van der Waals surface area contributed by atoms with Crippen molar-refractivity contribution in [1.82, 2.24) is 4.31 Å². The van der Waals surface area contributed by atoms with E-state index in [1.807, 2.05) is 25.2 Å². The van der Waals surface area contributed by atoms with Gasteiger partial charge in [0, 0.05) is 13.2 Å². The number of nitrogens with zero attached hydrogens (tertiary/aromatic N) is 1. The molecule has 1 aromatic rings. The van der Waals surface area contributed by atoms with Gasteiger partial charge < -0.3 is 4.43 Å². The molecule has 4 nitrogen and oxygen atoms in total. The molecule has 0 aliphatic carbocycles. The SMILES string of the molecule is C#CCN(C/C=C/C=C/CCCO[Si](C)(C)C(C)(C)C)S(=O)(=O)c1ccc(C)cc1. The largest absolute Gasteiger partial charge is 0.417 e. The Labute approximate surface area is 185 Å². The molecular formula is C24H37NO3SSi. The van der Waals surface area contributed by atoms with Crippen LogP contribution in [0, 0.1) is 19.3 Å². The second-order valence-corrected chi connectivity index (χ2v) is 15.7. The van der Waals surface area contributed by atoms with Crippen molar-refractivity contribution in [2.24, 2.45) is 0 Å². The molecule has 0 saturated heterocycles. The van der Waals surface area contributed by atoms with Gasteiger partial charge in [0.25, 0.3) is 0 Å². The summed E-state index contributed by atoms with van der Waals surface area (Å²) in [6.45, 7) is 14.2. The van der Waals surface area contributed by atoms with E-state index in [2.05, 4.69) is 45.9 Å². The highest BCUT2D eigenvalue weighted by Gasteiger charge is 2.36. The van der Waals surface area contributed by atoms with Crippen LogP contribution in [0.4, 0.5) is 0 Å². The summed E-state index contributed by atoms with van der Waals surface area (Å²) in [6, 6.07) is 6.80. The van der Waals surface area contributed by atoms with Crippen LogP contribution in [0.2, 0.25) is 18.1 Å². The van der Waals surface area contributed by atoms with Crippen LogP contribution in [0.5, 0.6) is 0 Å². The highest BCUT2D eigenvalue weighted by Crippen LogP contribution is 2.36. The Hall–Kier alpha value is -1.65. The molecule has 0 saturated carbocycles. The first-order valence-corrected chi connectivity index (χ1v) is 14.7. The molecule has 30 heavy (non-hydrogen) atoms. The van der Waals surface area contributed by atoms with Crippen molar-refractivity contribution in [1.29, 1.82) is 0 Å². The second-order valence-electron chi connectivity index (χ2n) is 8.92. The Kier molecular flexibility index (Phi) is 10.3. The van der Waals surface area contributed by atoms with Gasteiger partial charge in [-0.05, 0) is 50.0 Å². The van der Waals surface area contributed by atoms with Crippen molar-refractivity contribution in [3.63, 3.8) is 0 Å². The number of aryl methyl sites for hydroxylation is 1. The first kappa shape index (κ1) is 26.4. The number of terminal acetylenes is 1. The molecule has 6 heteroatoms. The van der Waals surface area contributed by atoms with Crippen LogP contribution in [0.1, 0.15) is 39.2 Å². The Morgan fingerprint density at radius 2 is 1.73 bits per heavy atom. The Morgan fingerprint density at radius 1 is 1.13 bits per heavy atom. The maximum absolute atomic E-state index is 12.8. The fourth-order valence-corrected chi connectivity index (χ4v) is 4.78. The third kappa shape index (κ3) is 8.23. The zero-order chi connectivity index (χ0) is 22.8. The predicted molar refractivity (Wildman–Crippen MR) is 129 cm³/mol. The van der Waals surface area contributed by atoms with Crippen molar-refractivity contribution >= 4 is 18.3 Å². The van der Waals surface area contributed by atoms with Gasteiger partial charge in [0.1, 0.15) is 0 Å². The highest BCUT2D eigenvalue weighted by molar-refractivity contribution is 7.89. The molecule has 0 heterocycles. The number of unbranched alkanes of at least 4 members (excludes halogenated alkanes) is 1. The summed E-state index contributed by atoms with van der Waals surface area (Å²) in [5.74, 6) is 2.44. The van der Waals surface area contributed by atoms with Crippen molar-refractivity contribution in [3.8, 4) is 12.3 Å². The average molecular weight is 448 g/mol. The van der Waals surface area contributed by atoms with Crippen LogP contribution < -0.4 is 0 Å². The molecule has 0 aromatic heterocycles. The minimum absolute atomic E-state index is 0.0368. The van der Waals surface area contributed by atoms with Crippen LogP contribution in [0.25, 0.3) is 0 Å². The minimum Gasteiger partial charge on any atom is -0.417 e. The Balaban J connectivity index is 2.52. The number of rotatable bonds is 11. The van der Waals surface area contributed by atoms with Gasteiger partial charge >= 0.3 is 0 Å².